The zero-order chi connectivity index (χ0) is 14.7. The molecule has 3 aromatic rings. The summed E-state index contributed by atoms with van der Waals surface area (Å²) in [6.07, 6.45) is 0. The summed E-state index contributed by atoms with van der Waals surface area (Å²) in [5, 5.41) is 20.3. The topological polar surface area (TPSA) is 78.7 Å². The Hall–Kier alpha value is -3.26. The van der Waals surface area contributed by atoms with Gasteiger partial charge in [-0.15, -0.1) is 10.2 Å². The lowest BCUT2D eigenvalue weighted by Crippen LogP contribution is -2.14. The number of benzene rings is 2. The molecule has 5 heteroatoms. The van der Waals surface area contributed by atoms with Gasteiger partial charge in [-0.1, -0.05) is 18.2 Å². The third-order valence-corrected chi connectivity index (χ3v) is 3.00. The summed E-state index contributed by atoms with van der Waals surface area (Å²) in [5.74, 6) is -0.335. The lowest BCUT2D eigenvalue weighted by molar-refractivity contribution is 0.102. The van der Waals surface area contributed by atoms with Crippen molar-refractivity contribution >= 4 is 22.5 Å². The van der Waals surface area contributed by atoms with Crippen LogP contribution in [0.5, 0.6) is 0 Å². The maximum atomic E-state index is 12.1. The molecule has 0 saturated heterocycles. The number of nitrogens with one attached hydrogen (secondary N) is 1. The highest BCUT2D eigenvalue weighted by Gasteiger charge is 2.09. The van der Waals surface area contributed by atoms with Gasteiger partial charge >= 0.3 is 0 Å². The first-order valence-electron chi connectivity index (χ1n) is 6.30. The quantitative estimate of drug-likeness (QED) is 0.779. The second kappa shape index (κ2) is 5.39. The molecule has 3 rings (SSSR count). The average molecular weight is 274 g/mol. The lowest BCUT2D eigenvalue weighted by Gasteiger charge is -2.05. The zero-order valence-corrected chi connectivity index (χ0v) is 10.9. The largest absolute Gasteiger partial charge is 0.321 e. The second-order valence-corrected chi connectivity index (χ2v) is 4.43. The monoisotopic (exact) mass is 274 g/mol. The molecule has 1 amide bonds. The summed E-state index contributed by atoms with van der Waals surface area (Å²) in [6, 6.07) is 17.8. The van der Waals surface area contributed by atoms with Crippen molar-refractivity contribution in [3.63, 3.8) is 0 Å². The van der Waals surface area contributed by atoms with Crippen LogP contribution in [-0.2, 0) is 0 Å². The van der Waals surface area contributed by atoms with E-state index in [0.717, 1.165) is 10.9 Å². The summed E-state index contributed by atoms with van der Waals surface area (Å²) in [6.45, 7) is 0. The van der Waals surface area contributed by atoms with E-state index in [1.54, 1.807) is 30.3 Å². The highest BCUT2D eigenvalue weighted by Crippen LogP contribution is 2.13. The molecule has 0 unspecified atom stereocenters. The predicted molar refractivity (Wildman–Crippen MR) is 78.6 cm³/mol. The van der Waals surface area contributed by atoms with E-state index >= 15 is 0 Å². The van der Waals surface area contributed by atoms with Gasteiger partial charge in [0.15, 0.2) is 5.69 Å². The minimum Gasteiger partial charge on any atom is -0.321 e. The van der Waals surface area contributed by atoms with Gasteiger partial charge < -0.3 is 5.32 Å². The number of carbonyl (C=O) groups is 1. The number of anilines is 1. The lowest BCUT2D eigenvalue weighted by atomic mass is 10.2. The average Bonchev–Trinajstić information content (AvgIpc) is 2.55. The van der Waals surface area contributed by atoms with Gasteiger partial charge in [0.1, 0.15) is 0 Å². The molecule has 0 aliphatic rings. The number of nitrogens with zero attached hydrogens (tertiary/aromatic N) is 3. The number of aromatic nitrogens is 2. The molecule has 0 radical (unpaired) electrons. The van der Waals surface area contributed by atoms with Crippen LogP contribution in [0.4, 0.5) is 5.69 Å². The first-order chi connectivity index (χ1) is 10.3. The van der Waals surface area contributed by atoms with Crippen LogP contribution < -0.4 is 5.32 Å². The van der Waals surface area contributed by atoms with E-state index < -0.39 is 0 Å². The Labute approximate surface area is 120 Å². The number of hydrogen-bond donors (Lipinski definition) is 1. The normalized spacial score (nSPS) is 10.0. The van der Waals surface area contributed by atoms with E-state index in [1.165, 1.54) is 0 Å². The summed E-state index contributed by atoms with van der Waals surface area (Å²) in [7, 11) is 0. The fourth-order valence-electron chi connectivity index (χ4n) is 1.92. The molecule has 5 nitrogen and oxygen atoms in total. The van der Waals surface area contributed by atoms with Crippen LogP contribution >= 0.6 is 0 Å². The van der Waals surface area contributed by atoms with Crippen molar-refractivity contribution in [3.8, 4) is 6.07 Å². The molecule has 21 heavy (non-hydrogen) atoms. The number of rotatable bonds is 2. The van der Waals surface area contributed by atoms with Gasteiger partial charge in [-0.05, 0) is 36.4 Å². The SMILES string of the molecule is N#Cc1ccc(NC(=O)c2cc3ccccc3nn2)cc1. The summed E-state index contributed by atoms with van der Waals surface area (Å²) in [5.41, 5.74) is 2.14. The summed E-state index contributed by atoms with van der Waals surface area (Å²) in [4.78, 5) is 12.1. The standard InChI is InChI=1S/C16H10N4O/c17-10-11-5-7-13(8-6-11)18-16(21)15-9-12-3-1-2-4-14(12)19-20-15/h1-9H,(H,18,21). The molecule has 1 aromatic heterocycles. The number of fused-ring (bicyclic) bond motifs is 1. The Morgan fingerprint density at radius 1 is 1.05 bits per heavy atom. The highest BCUT2D eigenvalue weighted by molar-refractivity contribution is 6.04. The molecule has 0 aliphatic carbocycles. The molecule has 0 atom stereocenters. The number of carbonyl (C=O) groups excluding carboxylic acids is 1. The van der Waals surface area contributed by atoms with E-state index in [-0.39, 0.29) is 11.6 Å². The maximum Gasteiger partial charge on any atom is 0.276 e. The first-order valence-corrected chi connectivity index (χ1v) is 6.30. The minimum absolute atomic E-state index is 0.248. The Bertz CT molecular complexity index is 850. The van der Waals surface area contributed by atoms with Crippen molar-refractivity contribution in [1.82, 2.24) is 10.2 Å². The van der Waals surface area contributed by atoms with Crippen LogP contribution in [0.1, 0.15) is 16.1 Å². The highest BCUT2D eigenvalue weighted by atomic mass is 16.1. The molecule has 0 saturated carbocycles. The van der Waals surface area contributed by atoms with Crippen LogP contribution in [-0.4, -0.2) is 16.1 Å². The Morgan fingerprint density at radius 2 is 1.81 bits per heavy atom. The smallest absolute Gasteiger partial charge is 0.276 e. The second-order valence-electron chi connectivity index (χ2n) is 4.43. The van der Waals surface area contributed by atoms with Gasteiger partial charge in [0.2, 0.25) is 0 Å². The van der Waals surface area contributed by atoms with E-state index in [1.807, 2.05) is 30.3 Å². The van der Waals surface area contributed by atoms with Crippen LogP contribution in [0.3, 0.4) is 0 Å². The summed E-state index contributed by atoms with van der Waals surface area (Å²) >= 11 is 0. The van der Waals surface area contributed by atoms with E-state index in [9.17, 15) is 4.79 Å². The molecule has 0 spiro atoms. The summed E-state index contributed by atoms with van der Waals surface area (Å²) < 4.78 is 0. The molecular weight excluding hydrogens is 264 g/mol. The molecule has 100 valence electrons. The number of hydrogen-bond acceptors (Lipinski definition) is 4. The fourth-order valence-corrected chi connectivity index (χ4v) is 1.92. The third kappa shape index (κ3) is 2.69. The van der Waals surface area contributed by atoms with E-state index in [2.05, 4.69) is 15.5 Å². The van der Waals surface area contributed by atoms with Crippen LogP contribution in [0.2, 0.25) is 0 Å². The molecule has 0 aliphatic heterocycles. The molecule has 0 bridgehead atoms. The number of nitriles is 1. The van der Waals surface area contributed by atoms with Gasteiger partial charge in [0.25, 0.3) is 5.91 Å². The molecule has 1 heterocycles. The van der Waals surface area contributed by atoms with Crippen molar-refractivity contribution in [2.75, 3.05) is 5.32 Å². The van der Waals surface area contributed by atoms with E-state index in [4.69, 9.17) is 5.26 Å². The van der Waals surface area contributed by atoms with Gasteiger partial charge in [-0.2, -0.15) is 5.26 Å². The van der Waals surface area contributed by atoms with Crippen molar-refractivity contribution in [2.45, 2.75) is 0 Å². The van der Waals surface area contributed by atoms with Crippen molar-refractivity contribution in [2.24, 2.45) is 0 Å². The predicted octanol–water partition coefficient (Wildman–Crippen LogP) is 2.75. The third-order valence-electron chi connectivity index (χ3n) is 3.00. The van der Waals surface area contributed by atoms with Crippen molar-refractivity contribution in [3.05, 3.63) is 65.9 Å². The van der Waals surface area contributed by atoms with Crippen molar-refractivity contribution < 1.29 is 4.79 Å². The van der Waals surface area contributed by atoms with Crippen LogP contribution in [0.25, 0.3) is 10.9 Å². The Balaban J connectivity index is 1.84. The maximum absolute atomic E-state index is 12.1. The molecule has 1 N–H and O–H groups in total. The minimum atomic E-state index is -0.335. The van der Waals surface area contributed by atoms with E-state index in [0.29, 0.717) is 11.3 Å². The Kier molecular flexibility index (Phi) is 3.27. The van der Waals surface area contributed by atoms with Crippen LogP contribution in [0, 0.1) is 11.3 Å². The van der Waals surface area contributed by atoms with Gasteiger partial charge in [0, 0.05) is 11.1 Å². The van der Waals surface area contributed by atoms with Crippen LogP contribution in [0.15, 0.2) is 54.6 Å². The molecule has 0 fully saturated rings. The Morgan fingerprint density at radius 3 is 2.57 bits per heavy atom. The van der Waals surface area contributed by atoms with Crippen molar-refractivity contribution in [1.29, 1.82) is 5.26 Å². The fraction of sp³-hybridized carbons (Fsp3) is 0. The van der Waals surface area contributed by atoms with Gasteiger partial charge in [-0.3, -0.25) is 4.79 Å². The van der Waals surface area contributed by atoms with Gasteiger partial charge in [-0.25, -0.2) is 0 Å². The van der Waals surface area contributed by atoms with Gasteiger partial charge in [0.05, 0.1) is 17.1 Å². The first kappa shape index (κ1) is 12.8. The zero-order valence-electron chi connectivity index (χ0n) is 10.9. The molecular formula is C16H10N4O. The molecule has 2 aromatic carbocycles. The number of amides is 1.